The van der Waals surface area contributed by atoms with Crippen molar-refractivity contribution >= 4 is 10.0 Å². The molecule has 0 spiro atoms. The molecule has 0 atom stereocenters. The fourth-order valence-electron chi connectivity index (χ4n) is 1.63. The Morgan fingerprint density at radius 3 is 2.60 bits per heavy atom. The molecule has 3 N–H and O–H groups in total. The van der Waals surface area contributed by atoms with Crippen LogP contribution in [0.3, 0.4) is 0 Å². The van der Waals surface area contributed by atoms with Crippen molar-refractivity contribution in [3.05, 3.63) is 53.5 Å². The normalized spacial score (nSPS) is 11.8. The van der Waals surface area contributed by atoms with Crippen LogP contribution in [-0.2, 0) is 23.1 Å². The van der Waals surface area contributed by atoms with Gasteiger partial charge in [0.15, 0.2) is 5.82 Å². The lowest BCUT2D eigenvalue weighted by Crippen LogP contribution is -2.25. The predicted molar refractivity (Wildman–Crippen MR) is 67.0 cm³/mol. The van der Waals surface area contributed by atoms with Gasteiger partial charge in [-0.2, -0.15) is 0 Å². The Labute approximate surface area is 114 Å². The molecule has 1 heterocycles. The van der Waals surface area contributed by atoms with E-state index in [2.05, 4.69) is 4.72 Å². The Balaban J connectivity index is 2.30. The Bertz CT molecular complexity index is 700. The van der Waals surface area contributed by atoms with Crippen LogP contribution in [0.15, 0.2) is 39.8 Å². The van der Waals surface area contributed by atoms with Gasteiger partial charge in [-0.15, -0.1) is 0 Å². The quantitative estimate of drug-likeness (QED) is 0.876. The SMILES string of the molecule is NCc1c(F)ccc(S(=O)(=O)NCc2ccco2)c1F. The summed E-state index contributed by atoms with van der Waals surface area (Å²) in [7, 11) is -4.12. The molecule has 0 aliphatic rings. The number of hydrogen-bond donors (Lipinski definition) is 2. The molecule has 0 aliphatic heterocycles. The van der Waals surface area contributed by atoms with Crippen molar-refractivity contribution in [3.63, 3.8) is 0 Å². The topological polar surface area (TPSA) is 85.3 Å². The summed E-state index contributed by atoms with van der Waals surface area (Å²) in [6.45, 7) is -0.566. The van der Waals surface area contributed by atoms with E-state index < -0.39 is 38.7 Å². The molecule has 0 saturated carbocycles. The van der Waals surface area contributed by atoms with Gasteiger partial charge in [0.25, 0.3) is 0 Å². The summed E-state index contributed by atoms with van der Waals surface area (Å²) in [5, 5.41) is 0. The van der Waals surface area contributed by atoms with E-state index in [1.54, 1.807) is 12.1 Å². The van der Waals surface area contributed by atoms with Crippen LogP contribution in [-0.4, -0.2) is 8.42 Å². The van der Waals surface area contributed by atoms with Gasteiger partial charge in [-0.1, -0.05) is 0 Å². The number of nitrogens with one attached hydrogen (secondary N) is 1. The van der Waals surface area contributed by atoms with Crippen molar-refractivity contribution in [1.29, 1.82) is 0 Å². The van der Waals surface area contributed by atoms with Gasteiger partial charge in [-0.05, 0) is 24.3 Å². The van der Waals surface area contributed by atoms with E-state index >= 15 is 0 Å². The number of furan rings is 1. The third kappa shape index (κ3) is 2.87. The molecule has 0 aliphatic carbocycles. The average Bonchev–Trinajstić information content (AvgIpc) is 2.90. The Kier molecular flexibility index (Phi) is 4.17. The molecule has 2 aromatic rings. The Hall–Kier alpha value is -1.77. The van der Waals surface area contributed by atoms with Crippen molar-refractivity contribution in [2.75, 3.05) is 0 Å². The second-order valence-electron chi connectivity index (χ2n) is 3.95. The van der Waals surface area contributed by atoms with Gasteiger partial charge in [0.2, 0.25) is 10.0 Å². The molecular weight excluding hydrogens is 290 g/mol. The molecule has 0 bridgehead atoms. The summed E-state index contributed by atoms with van der Waals surface area (Å²) >= 11 is 0. The first-order valence-corrected chi connectivity index (χ1v) is 7.13. The molecule has 5 nitrogen and oxygen atoms in total. The average molecular weight is 302 g/mol. The third-order valence-corrected chi connectivity index (χ3v) is 4.08. The Morgan fingerprint density at radius 2 is 2.00 bits per heavy atom. The predicted octanol–water partition coefficient (Wildman–Crippen LogP) is 1.49. The summed E-state index contributed by atoms with van der Waals surface area (Å²) in [6, 6.07) is 4.88. The molecule has 0 saturated heterocycles. The van der Waals surface area contributed by atoms with Crippen molar-refractivity contribution in [2.45, 2.75) is 18.0 Å². The van der Waals surface area contributed by atoms with E-state index in [0.29, 0.717) is 5.76 Å². The molecule has 1 aromatic heterocycles. The largest absolute Gasteiger partial charge is 0.468 e. The number of halogens is 2. The fraction of sp³-hybridized carbons (Fsp3) is 0.167. The van der Waals surface area contributed by atoms with Crippen LogP contribution in [0.5, 0.6) is 0 Å². The number of benzene rings is 1. The summed E-state index contributed by atoms with van der Waals surface area (Å²) in [4.78, 5) is -0.647. The molecule has 1 aromatic carbocycles. The molecule has 0 radical (unpaired) electrons. The van der Waals surface area contributed by atoms with Crippen LogP contribution in [0.25, 0.3) is 0 Å². The number of sulfonamides is 1. The van der Waals surface area contributed by atoms with E-state index in [1.165, 1.54) is 6.26 Å². The van der Waals surface area contributed by atoms with Gasteiger partial charge in [0, 0.05) is 12.1 Å². The van der Waals surface area contributed by atoms with Crippen LogP contribution >= 0.6 is 0 Å². The van der Waals surface area contributed by atoms with Gasteiger partial charge >= 0.3 is 0 Å². The van der Waals surface area contributed by atoms with Gasteiger partial charge < -0.3 is 10.2 Å². The monoisotopic (exact) mass is 302 g/mol. The van der Waals surface area contributed by atoms with Crippen molar-refractivity contribution in [1.82, 2.24) is 4.72 Å². The standard InChI is InChI=1S/C12H12F2N2O3S/c13-10-3-4-11(12(14)9(10)6-15)20(17,18)16-7-8-2-1-5-19-8/h1-5,16H,6-7,15H2. The first-order valence-electron chi connectivity index (χ1n) is 5.64. The van der Waals surface area contributed by atoms with Gasteiger partial charge in [0.05, 0.1) is 12.8 Å². The fourth-order valence-corrected chi connectivity index (χ4v) is 2.72. The first kappa shape index (κ1) is 14.6. The highest BCUT2D eigenvalue weighted by Crippen LogP contribution is 2.20. The lowest BCUT2D eigenvalue weighted by atomic mass is 10.2. The van der Waals surface area contributed by atoms with E-state index in [1.807, 2.05) is 0 Å². The smallest absolute Gasteiger partial charge is 0.243 e. The van der Waals surface area contributed by atoms with Crippen LogP contribution in [0.2, 0.25) is 0 Å². The lowest BCUT2D eigenvalue weighted by Gasteiger charge is -2.09. The maximum absolute atomic E-state index is 13.9. The summed E-state index contributed by atoms with van der Waals surface area (Å²) < 4.78 is 58.3. The Morgan fingerprint density at radius 1 is 1.25 bits per heavy atom. The zero-order chi connectivity index (χ0) is 14.8. The van der Waals surface area contributed by atoms with Crippen molar-refractivity contribution in [2.24, 2.45) is 5.73 Å². The number of rotatable bonds is 5. The van der Waals surface area contributed by atoms with E-state index in [4.69, 9.17) is 10.2 Å². The molecule has 2 rings (SSSR count). The second kappa shape index (κ2) is 5.70. The minimum atomic E-state index is -4.12. The minimum absolute atomic E-state index is 0.135. The van der Waals surface area contributed by atoms with E-state index in [-0.39, 0.29) is 6.54 Å². The molecule has 108 valence electrons. The zero-order valence-corrected chi connectivity index (χ0v) is 11.1. The minimum Gasteiger partial charge on any atom is -0.468 e. The maximum Gasteiger partial charge on any atom is 0.243 e. The van der Waals surface area contributed by atoms with Crippen LogP contribution in [0, 0.1) is 11.6 Å². The third-order valence-electron chi connectivity index (χ3n) is 2.66. The lowest BCUT2D eigenvalue weighted by molar-refractivity contribution is 0.495. The molecule has 20 heavy (non-hydrogen) atoms. The van der Waals surface area contributed by atoms with E-state index in [0.717, 1.165) is 12.1 Å². The summed E-state index contributed by atoms with van der Waals surface area (Å²) in [6.07, 6.45) is 1.38. The van der Waals surface area contributed by atoms with Crippen LogP contribution in [0.4, 0.5) is 8.78 Å². The maximum atomic E-state index is 13.9. The molecule has 0 amide bonds. The number of hydrogen-bond acceptors (Lipinski definition) is 4. The molecular formula is C12H12F2N2O3S. The highest BCUT2D eigenvalue weighted by Gasteiger charge is 2.23. The second-order valence-corrected chi connectivity index (χ2v) is 5.68. The van der Waals surface area contributed by atoms with Gasteiger partial charge in [-0.3, -0.25) is 0 Å². The van der Waals surface area contributed by atoms with Gasteiger partial charge in [-0.25, -0.2) is 21.9 Å². The molecule has 8 heteroatoms. The zero-order valence-electron chi connectivity index (χ0n) is 10.3. The van der Waals surface area contributed by atoms with E-state index in [9.17, 15) is 17.2 Å². The number of nitrogens with two attached hydrogens (primary N) is 1. The summed E-state index contributed by atoms with van der Waals surface area (Å²) in [5.74, 6) is -1.69. The van der Waals surface area contributed by atoms with Crippen LogP contribution < -0.4 is 10.5 Å². The van der Waals surface area contributed by atoms with Crippen LogP contribution in [0.1, 0.15) is 11.3 Å². The van der Waals surface area contributed by atoms with Gasteiger partial charge in [0.1, 0.15) is 16.5 Å². The van der Waals surface area contributed by atoms with Crippen molar-refractivity contribution < 1.29 is 21.6 Å². The first-order chi connectivity index (χ1) is 9.45. The summed E-state index contributed by atoms with van der Waals surface area (Å²) in [5.41, 5.74) is 4.74. The van der Waals surface area contributed by atoms with Crippen molar-refractivity contribution in [3.8, 4) is 0 Å². The molecule has 0 unspecified atom stereocenters. The highest BCUT2D eigenvalue weighted by atomic mass is 32.2. The highest BCUT2D eigenvalue weighted by molar-refractivity contribution is 7.89. The molecule has 0 fully saturated rings.